The van der Waals surface area contributed by atoms with Crippen molar-refractivity contribution >= 4 is 16.7 Å². The lowest BCUT2D eigenvalue weighted by Gasteiger charge is -2.08. The van der Waals surface area contributed by atoms with Crippen LogP contribution in [-0.2, 0) is 4.74 Å². The Hall–Kier alpha value is -2.03. The van der Waals surface area contributed by atoms with Crippen LogP contribution in [0.3, 0.4) is 0 Å². The Morgan fingerprint density at radius 3 is 1.62 bits per heavy atom. The number of carbonyl (C=O) groups excluding carboxylic acids is 1. The summed E-state index contributed by atoms with van der Waals surface area (Å²) in [7, 11) is 0. The van der Waals surface area contributed by atoms with Crippen LogP contribution < -0.4 is 0 Å². The minimum atomic E-state index is -0.436. The van der Waals surface area contributed by atoms with Gasteiger partial charge in [0.1, 0.15) is 11.3 Å². The maximum absolute atomic E-state index is 12.3. The molecule has 0 aromatic heterocycles. The molecule has 1 N–H and O–H groups in total. The first-order valence-electron chi connectivity index (χ1n) is 13.1. The molecular formula is C29H44O3. The van der Waals surface area contributed by atoms with E-state index in [9.17, 15) is 9.90 Å². The van der Waals surface area contributed by atoms with Crippen molar-refractivity contribution in [2.24, 2.45) is 0 Å². The first-order valence-corrected chi connectivity index (χ1v) is 13.1. The summed E-state index contributed by atoms with van der Waals surface area (Å²) in [5.74, 6) is -0.449. The van der Waals surface area contributed by atoms with Crippen LogP contribution >= 0.6 is 0 Å². The minimum Gasteiger partial charge on any atom is -0.507 e. The first-order chi connectivity index (χ1) is 15.7. The van der Waals surface area contributed by atoms with E-state index in [2.05, 4.69) is 6.92 Å². The van der Waals surface area contributed by atoms with Crippen molar-refractivity contribution < 1.29 is 14.6 Å². The van der Waals surface area contributed by atoms with Crippen molar-refractivity contribution in [1.82, 2.24) is 0 Å². The van der Waals surface area contributed by atoms with E-state index in [-0.39, 0.29) is 11.3 Å². The predicted octanol–water partition coefficient (Wildman–Crippen LogP) is 8.96. The number of phenolic OH excluding ortho intramolecular Hbond substituents is 1. The number of benzene rings is 2. The fourth-order valence-corrected chi connectivity index (χ4v) is 4.28. The summed E-state index contributed by atoms with van der Waals surface area (Å²) >= 11 is 0. The molecule has 2 rings (SSSR count). The highest BCUT2D eigenvalue weighted by Gasteiger charge is 2.13. The quantitative estimate of drug-likeness (QED) is 0.186. The number of rotatable bonds is 18. The summed E-state index contributed by atoms with van der Waals surface area (Å²) in [4.78, 5) is 12.3. The molecule has 0 atom stereocenters. The van der Waals surface area contributed by atoms with E-state index in [1.807, 2.05) is 24.3 Å². The summed E-state index contributed by atoms with van der Waals surface area (Å²) in [5.41, 5.74) is 0.250. The smallest absolute Gasteiger partial charge is 0.341 e. The maximum Gasteiger partial charge on any atom is 0.341 e. The highest BCUT2D eigenvalue weighted by Crippen LogP contribution is 2.25. The van der Waals surface area contributed by atoms with Crippen LogP contribution in [-0.4, -0.2) is 17.7 Å². The Bertz CT molecular complexity index is 768. The number of carbonyl (C=O) groups is 1. The van der Waals surface area contributed by atoms with E-state index in [0.29, 0.717) is 6.61 Å². The Balaban J connectivity index is 1.41. The summed E-state index contributed by atoms with van der Waals surface area (Å²) in [5, 5.41) is 12.0. The van der Waals surface area contributed by atoms with Crippen molar-refractivity contribution in [2.75, 3.05) is 6.61 Å². The Kier molecular flexibility index (Phi) is 13.6. The molecule has 0 fully saturated rings. The molecule has 0 spiro atoms. The average molecular weight is 441 g/mol. The molecule has 0 amide bonds. The van der Waals surface area contributed by atoms with Crippen LogP contribution in [0.5, 0.6) is 5.75 Å². The molecule has 32 heavy (non-hydrogen) atoms. The first kappa shape index (κ1) is 26.2. The summed E-state index contributed by atoms with van der Waals surface area (Å²) in [6, 6.07) is 11.0. The summed E-state index contributed by atoms with van der Waals surface area (Å²) in [6.45, 7) is 2.70. The van der Waals surface area contributed by atoms with Crippen LogP contribution in [0.4, 0.5) is 0 Å². The number of fused-ring (bicyclic) bond motifs is 1. The largest absolute Gasteiger partial charge is 0.507 e. The Morgan fingerprint density at radius 2 is 1.12 bits per heavy atom. The van der Waals surface area contributed by atoms with Gasteiger partial charge in [-0.1, -0.05) is 128 Å². The topological polar surface area (TPSA) is 46.5 Å². The molecule has 0 saturated carbocycles. The minimum absolute atomic E-state index is 0.0133. The number of esters is 1. The normalized spacial score (nSPS) is 11.2. The highest BCUT2D eigenvalue weighted by atomic mass is 16.5. The van der Waals surface area contributed by atoms with Crippen LogP contribution in [0, 0.1) is 0 Å². The van der Waals surface area contributed by atoms with Crippen LogP contribution in [0.25, 0.3) is 10.8 Å². The molecule has 0 saturated heterocycles. The summed E-state index contributed by atoms with van der Waals surface area (Å²) < 4.78 is 5.38. The van der Waals surface area contributed by atoms with Crippen molar-refractivity contribution in [3.8, 4) is 5.75 Å². The molecule has 0 aliphatic heterocycles. The van der Waals surface area contributed by atoms with Crippen LogP contribution in [0.2, 0.25) is 0 Å². The van der Waals surface area contributed by atoms with Crippen molar-refractivity contribution in [1.29, 1.82) is 0 Å². The predicted molar refractivity (Wildman–Crippen MR) is 135 cm³/mol. The zero-order valence-electron chi connectivity index (χ0n) is 20.2. The number of hydrogen-bond donors (Lipinski definition) is 1. The van der Waals surface area contributed by atoms with Gasteiger partial charge in [-0.3, -0.25) is 0 Å². The molecule has 0 aliphatic rings. The Morgan fingerprint density at radius 1 is 0.688 bits per heavy atom. The molecule has 0 aliphatic carbocycles. The van der Waals surface area contributed by atoms with Gasteiger partial charge in [-0.25, -0.2) is 4.79 Å². The lowest BCUT2D eigenvalue weighted by atomic mass is 10.0. The molecule has 0 heterocycles. The highest BCUT2D eigenvalue weighted by molar-refractivity contribution is 5.98. The zero-order chi connectivity index (χ0) is 22.9. The van der Waals surface area contributed by atoms with Gasteiger partial charge in [0.05, 0.1) is 6.61 Å². The number of hydrogen-bond acceptors (Lipinski definition) is 3. The molecule has 0 radical (unpaired) electrons. The second kappa shape index (κ2) is 16.6. The number of phenols is 1. The Labute approximate surface area is 195 Å². The van der Waals surface area contributed by atoms with Crippen molar-refractivity contribution in [3.63, 3.8) is 0 Å². The molecule has 3 nitrogen and oxygen atoms in total. The van der Waals surface area contributed by atoms with Gasteiger partial charge in [-0.05, 0) is 29.3 Å². The number of unbranched alkanes of at least 4 members (excludes halogenated alkanes) is 15. The monoisotopic (exact) mass is 440 g/mol. The molecule has 2 aromatic carbocycles. The van der Waals surface area contributed by atoms with Crippen LogP contribution in [0.15, 0.2) is 36.4 Å². The van der Waals surface area contributed by atoms with Gasteiger partial charge in [0, 0.05) is 0 Å². The molecular weight excluding hydrogens is 396 g/mol. The van der Waals surface area contributed by atoms with Gasteiger partial charge < -0.3 is 9.84 Å². The fourth-order valence-electron chi connectivity index (χ4n) is 4.28. The van der Waals surface area contributed by atoms with Gasteiger partial charge in [0.25, 0.3) is 0 Å². The van der Waals surface area contributed by atoms with Crippen molar-refractivity contribution in [2.45, 2.75) is 110 Å². The second-order valence-electron chi connectivity index (χ2n) is 9.16. The van der Waals surface area contributed by atoms with Crippen LogP contribution in [0.1, 0.15) is 120 Å². The fraction of sp³-hybridized carbons (Fsp3) is 0.621. The standard InChI is InChI=1S/C29H44O3/c1-2-3-4-5-6-7-8-9-10-11-12-13-14-15-16-19-22-32-29(31)27-23-25-20-17-18-21-26(25)24-28(27)30/h17-18,20-21,23-24,30H,2-16,19,22H2,1H3. The van der Waals surface area contributed by atoms with E-state index in [0.717, 1.165) is 23.6 Å². The maximum atomic E-state index is 12.3. The van der Waals surface area contributed by atoms with Gasteiger partial charge >= 0.3 is 5.97 Å². The molecule has 178 valence electrons. The van der Waals surface area contributed by atoms with Gasteiger partial charge in [-0.2, -0.15) is 0 Å². The van der Waals surface area contributed by atoms with E-state index in [1.165, 1.54) is 89.9 Å². The molecule has 2 aromatic rings. The second-order valence-corrected chi connectivity index (χ2v) is 9.16. The van der Waals surface area contributed by atoms with Crippen molar-refractivity contribution in [3.05, 3.63) is 42.0 Å². The number of ether oxygens (including phenoxy) is 1. The SMILES string of the molecule is CCCCCCCCCCCCCCCCCCOC(=O)c1cc2ccccc2cc1O. The van der Waals surface area contributed by atoms with E-state index < -0.39 is 5.97 Å². The third-order valence-electron chi connectivity index (χ3n) is 6.31. The van der Waals surface area contributed by atoms with Gasteiger partial charge in [0.15, 0.2) is 0 Å². The zero-order valence-corrected chi connectivity index (χ0v) is 20.2. The third kappa shape index (κ3) is 10.5. The van der Waals surface area contributed by atoms with E-state index in [4.69, 9.17) is 4.74 Å². The summed E-state index contributed by atoms with van der Waals surface area (Å²) in [6.07, 6.45) is 21.2. The van der Waals surface area contributed by atoms with Gasteiger partial charge in [0.2, 0.25) is 0 Å². The third-order valence-corrected chi connectivity index (χ3v) is 6.31. The van der Waals surface area contributed by atoms with Gasteiger partial charge in [-0.15, -0.1) is 0 Å². The lowest BCUT2D eigenvalue weighted by molar-refractivity contribution is 0.0494. The number of aromatic hydroxyl groups is 1. The lowest BCUT2D eigenvalue weighted by Crippen LogP contribution is -2.07. The molecule has 0 unspecified atom stereocenters. The molecule has 3 heteroatoms. The molecule has 0 bridgehead atoms. The van der Waals surface area contributed by atoms with E-state index >= 15 is 0 Å². The van der Waals surface area contributed by atoms with E-state index in [1.54, 1.807) is 12.1 Å². The average Bonchev–Trinajstić information content (AvgIpc) is 2.80.